The molecule has 1 aromatic rings. The molecule has 1 aliphatic rings. The Bertz CT molecular complexity index is 440. The molecule has 2 heterocycles. The monoisotopic (exact) mass is 298 g/mol. The average molecular weight is 298 g/mol. The van der Waals surface area contributed by atoms with E-state index in [9.17, 15) is 4.79 Å². The van der Waals surface area contributed by atoms with Gasteiger partial charge in [-0.25, -0.2) is 4.98 Å². The summed E-state index contributed by atoms with van der Waals surface area (Å²) < 4.78 is 5.11. The molecule has 5 nitrogen and oxygen atoms in total. The Balaban J connectivity index is 2.04. The van der Waals surface area contributed by atoms with E-state index in [1.165, 1.54) is 37.0 Å². The molecule has 1 N–H and O–H groups in total. The van der Waals surface area contributed by atoms with Gasteiger partial charge in [-0.05, 0) is 25.9 Å². The van der Waals surface area contributed by atoms with Crippen LogP contribution < -0.4 is 0 Å². The van der Waals surface area contributed by atoms with Gasteiger partial charge >= 0.3 is 5.97 Å². The summed E-state index contributed by atoms with van der Waals surface area (Å²) in [6.45, 7) is 3.46. The van der Waals surface area contributed by atoms with Crippen molar-refractivity contribution in [3.63, 3.8) is 0 Å². The van der Waals surface area contributed by atoms with Crippen LogP contribution in [0.5, 0.6) is 0 Å². The van der Waals surface area contributed by atoms with Gasteiger partial charge in [-0.3, -0.25) is 9.69 Å². The van der Waals surface area contributed by atoms with Crippen molar-refractivity contribution in [2.75, 3.05) is 20.2 Å². The SMILES string of the molecule is COCc1nc(CN2CCCCCC2)sc1CC(=O)O. The zero-order chi connectivity index (χ0) is 14.4. The molecule has 0 radical (unpaired) electrons. The van der Waals surface area contributed by atoms with Crippen LogP contribution >= 0.6 is 11.3 Å². The fraction of sp³-hybridized carbons (Fsp3) is 0.714. The molecule has 1 fully saturated rings. The van der Waals surface area contributed by atoms with Crippen molar-refractivity contribution in [2.24, 2.45) is 0 Å². The molecule has 0 atom stereocenters. The van der Waals surface area contributed by atoms with Crippen molar-refractivity contribution in [3.05, 3.63) is 15.6 Å². The fourth-order valence-corrected chi connectivity index (χ4v) is 3.62. The summed E-state index contributed by atoms with van der Waals surface area (Å²) in [7, 11) is 1.61. The van der Waals surface area contributed by atoms with Crippen LogP contribution in [0, 0.1) is 0 Å². The third-order valence-corrected chi connectivity index (χ3v) is 4.56. The smallest absolute Gasteiger partial charge is 0.308 e. The zero-order valence-corrected chi connectivity index (χ0v) is 12.7. The number of methoxy groups -OCH3 is 1. The quantitative estimate of drug-likeness (QED) is 0.873. The van der Waals surface area contributed by atoms with Gasteiger partial charge in [0.25, 0.3) is 0 Å². The van der Waals surface area contributed by atoms with Gasteiger partial charge in [0, 0.05) is 12.0 Å². The second kappa shape index (κ2) is 7.71. The molecule has 0 aromatic carbocycles. The van der Waals surface area contributed by atoms with Gasteiger partial charge in [0.05, 0.1) is 25.3 Å². The van der Waals surface area contributed by atoms with Crippen LogP contribution in [-0.2, 0) is 29.1 Å². The van der Waals surface area contributed by atoms with E-state index in [4.69, 9.17) is 9.84 Å². The van der Waals surface area contributed by atoms with Gasteiger partial charge in [-0.1, -0.05) is 12.8 Å². The zero-order valence-electron chi connectivity index (χ0n) is 11.9. The Kier molecular flexibility index (Phi) is 5.94. The fourth-order valence-electron chi connectivity index (χ4n) is 2.51. The summed E-state index contributed by atoms with van der Waals surface area (Å²) in [6.07, 6.45) is 5.16. The topological polar surface area (TPSA) is 62.7 Å². The molecule has 2 rings (SSSR count). The number of aliphatic carboxylic acids is 1. The number of carboxylic acids is 1. The molecule has 20 heavy (non-hydrogen) atoms. The van der Waals surface area contributed by atoms with E-state index in [1.54, 1.807) is 7.11 Å². The van der Waals surface area contributed by atoms with Gasteiger partial charge in [0.1, 0.15) is 5.01 Å². The molecule has 0 bridgehead atoms. The van der Waals surface area contributed by atoms with Gasteiger partial charge in [0.2, 0.25) is 0 Å². The number of hydrogen-bond acceptors (Lipinski definition) is 5. The second-order valence-electron chi connectivity index (χ2n) is 5.17. The van der Waals surface area contributed by atoms with Crippen molar-refractivity contribution in [2.45, 2.75) is 45.3 Å². The normalized spacial score (nSPS) is 17.1. The summed E-state index contributed by atoms with van der Waals surface area (Å²) in [5.41, 5.74) is 0.782. The molecule has 0 spiro atoms. The standard InChI is InChI=1S/C14H22N2O3S/c1-19-10-11-12(8-14(17)18)20-13(15-11)9-16-6-4-2-3-5-7-16/h2-10H2,1H3,(H,17,18). The highest BCUT2D eigenvalue weighted by Gasteiger charge is 2.16. The van der Waals surface area contributed by atoms with Gasteiger partial charge in [-0.15, -0.1) is 11.3 Å². The molecule has 6 heteroatoms. The van der Waals surface area contributed by atoms with E-state index in [2.05, 4.69) is 9.88 Å². The highest BCUT2D eigenvalue weighted by molar-refractivity contribution is 7.11. The maximum absolute atomic E-state index is 10.9. The van der Waals surface area contributed by atoms with E-state index in [-0.39, 0.29) is 6.42 Å². The number of ether oxygens (including phenoxy) is 1. The number of nitrogens with zero attached hydrogens (tertiary/aromatic N) is 2. The summed E-state index contributed by atoms with van der Waals surface area (Å²) in [6, 6.07) is 0. The molecule has 0 unspecified atom stereocenters. The van der Waals surface area contributed by atoms with Crippen LogP contribution in [-0.4, -0.2) is 41.2 Å². The summed E-state index contributed by atoms with van der Waals surface area (Å²) in [5.74, 6) is -0.813. The number of carboxylic acid groups (broad SMARTS) is 1. The van der Waals surface area contributed by atoms with Crippen LogP contribution in [0.3, 0.4) is 0 Å². The van der Waals surface area contributed by atoms with Crippen molar-refractivity contribution < 1.29 is 14.6 Å². The first kappa shape index (κ1) is 15.4. The first-order chi connectivity index (χ1) is 9.69. The van der Waals surface area contributed by atoms with Crippen LogP contribution in [0.25, 0.3) is 0 Å². The average Bonchev–Trinajstić information content (AvgIpc) is 2.61. The van der Waals surface area contributed by atoms with Crippen molar-refractivity contribution in [3.8, 4) is 0 Å². The molecule has 1 aliphatic heterocycles. The number of thiazole rings is 1. The lowest BCUT2D eigenvalue weighted by atomic mass is 10.2. The molecule has 0 aliphatic carbocycles. The maximum Gasteiger partial charge on any atom is 0.308 e. The minimum absolute atomic E-state index is 0.0381. The summed E-state index contributed by atoms with van der Waals surface area (Å²) >= 11 is 1.51. The highest BCUT2D eigenvalue weighted by atomic mass is 32.1. The molecule has 1 aromatic heterocycles. The number of likely N-dealkylation sites (tertiary alicyclic amines) is 1. The minimum atomic E-state index is -0.813. The number of carbonyl (C=O) groups is 1. The highest BCUT2D eigenvalue weighted by Crippen LogP contribution is 2.22. The van der Waals surface area contributed by atoms with Gasteiger partial charge < -0.3 is 9.84 Å². The van der Waals surface area contributed by atoms with E-state index in [1.807, 2.05) is 0 Å². The second-order valence-corrected chi connectivity index (χ2v) is 6.34. The van der Waals surface area contributed by atoms with Gasteiger partial charge in [0.15, 0.2) is 0 Å². The molecule has 0 amide bonds. The first-order valence-corrected chi connectivity index (χ1v) is 7.91. The molecule has 112 valence electrons. The first-order valence-electron chi connectivity index (χ1n) is 7.09. The number of hydrogen-bond donors (Lipinski definition) is 1. The molecular weight excluding hydrogens is 276 g/mol. The number of aromatic nitrogens is 1. The molecule has 1 saturated heterocycles. The van der Waals surface area contributed by atoms with Crippen molar-refractivity contribution in [1.29, 1.82) is 0 Å². The lowest BCUT2D eigenvalue weighted by molar-refractivity contribution is -0.136. The lowest BCUT2D eigenvalue weighted by Crippen LogP contribution is -2.23. The van der Waals surface area contributed by atoms with E-state index >= 15 is 0 Å². The van der Waals surface area contributed by atoms with Crippen molar-refractivity contribution in [1.82, 2.24) is 9.88 Å². The Hall–Kier alpha value is -0.980. The van der Waals surface area contributed by atoms with Crippen LogP contribution in [0.1, 0.15) is 41.3 Å². The van der Waals surface area contributed by atoms with E-state index in [0.717, 1.165) is 35.2 Å². The molecule has 0 saturated carbocycles. The van der Waals surface area contributed by atoms with Crippen molar-refractivity contribution >= 4 is 17.3 Å². The predicted octanol–water partition coefficient (Wildman–Crippen LogP) is 2.29. The predicted molar refractivity (Wildman–Crippen MR) is 77.9 cm³/mol. The van der Waals surface area contributed by atoms with E-state index in [0.29, 0.717) is 6.61 Å². The van der Waals surface area contributed by atoms with Gasteiger partial charge in [-0.2, -0.15) is 0 Å². The van der Waals surface area contributed by atoms with Crippen LogP contribution in [0.15, 0.2) is 0 Å². The number of rotatable bonds is 6. The largest absolute Gasteiger partial charge is 0.481 e. The summed E-state index contributed by atoms with van der Waals surface area (Å²) in [4.78, 5) is 18.7. The van der Waals surface area contributed by atoms with Crippen LogP contribution in [0.4, 0.5) is 0 Å². The minimum Gasteiger partial charge on any atom is -0.481 e. The maximum atomic E-state index is 10.9. The third-order valence-electron chi connectivity index (χ3n) is 3.47. The van der Waals surface area contributed by atoms with Crippen LogP contribution in [0.2, 0.25) is 0 Å². The Morgan fingerprint density at radius 1 is 1.35 bits per heavy atom. The Morgan fingerprint density at radius 3 is 2.65 bits per heavy atom. The third kappa shape index (κ3) is 4.54. The summed E-state index contributed by atoms with van der Waals surface area (Å²) in [5, 5.41) is 9.96. The Labute approximate surface area is 123 Å². The molecular formula is C14H22N2O3S. The van der Waals surface area contributed by atoms with E-state index < -0.39 is 5.97 Å². The lowest BCUT2D eigenvalue weighted by Gasteiger charge is -2.17. The Morgan fingerprint density at radius 2 is 2.05 bits per heavy atom.